The van der Waals surface area contributed by atoms with E-state index in [0.29, 0.717) is 22.9 Å². The van der Waals surface area contributed by atoms with Crippen molar-refractivity contribution >= 4 is 11.5 Å². The van der Waals surface area contributed by atoms with Crippen molar-refractivity contribution in [3.8, 4) is 22.8 Å². The van der Waals surface area contributed by atoms with Crippen molar-refractivity contribution in [3.05, 3.63) is 83.3 Å². The summed E-state index contributed by atoms with van der Waals surface area (Å²) in [6, 6.07) is 17.4. The molecule has 1 heterocycles. The lowest BCUT2D eigenvalue weighted by atomic mass is 10.1. The number of aryl methyl sites for hydroxylation is 1. The minimum atomic E-state index is -1.48. The molecule has 0 aliphatic rings. The van der Waals surface area contributed by atoms with Crippen LogP contribution in [-0.2, 0) is 0 Å². The maximum absolute atomic E-state index is 12.0. The van der Waals surface area contributed by atoms with Crippen LogP contribution in [0.5, 0.6) is 11.5 Å². The van der Waals surface area contributed by atoms with E-state index in [4.69, 9.17) is 16.4 Å². The van der Waals surface area contributed by atoms with E-state index in [1.54, 1.807) is 48.5 Å². The minimum absolute atomic E-state index is 0.0886. The second kappa shape index (κ2) is 8.44. The number of carbonyl (C=O) groups is 1. The van der Waals surface area contributed by atoms with Crippen LogP contribution in [0.1, 0.15) is 16.1 Å². The number of Topliss-reactive ketones (excluding diaryl/α,β-unsaturated/α-hetero) is 1. The predicted molar refractivity (Wildman–Crippen MR) is 105 cm³/mol. The molecule has 0 radical (unpaired) electrons. The summed E-state index contributed by atoms with van der Waals surface area (Å²) in [6.07, 6.45) is -1.48. The highest BCUT2D eigenvalue weighted by atomic mass is 16.5. The number of ether oxygens (including phenoxy) is 1. The number of rotatable bonds is 6. The molecule has 0 unspecified atom stereocenters. The number of carbonyl (C=O) groups excluding carboxylic acids is 1. The van der Waals surface area contributed by atoms with E-state index >= 15 is 0 Å². The maximum Gasteiger partial charge on any atom is 0.211 e. The molecular weight excluding hydrogens is 356 g/mol. The van der Waals surface area contributed by atoms with Crippen LogP contribution in [0.15, 0.2) is 60.7 Å². The van der Waals surface area contributed by atoms with Gasteiger partial charge in [-0.1, -0.05) is 12.1 Å². The summed E-state index contributed by atoms with van der Waals surface area (Å²) in [5, 5.41) is 18.4. The summed E-state index contributed by atoms with van der Waals surface area (Å²) in [6.45, 7) is 8.40. The number of aromatic nitrogens is 1. The molecule has 0 saturated carbocycles. The number of aliphatic hydroxyl groups excluding tert-OH is 2. The van der Waals surface area contributed by atoms with Gasteiger partial charge in [-0.05, 0) is 61.0 Å². The first kappa shape index (κ1) is 19.2. The van der Waals surface area contributed by atoms with E-state index in [0.717, 1.165) is 11.1 Å². The van der Waals surface area contributed by atoms with Crippen molar-refractivity contribution in [1.29, 1.82) is 0 Å². The van der Waals surface area contributed by atoms with Crippen molar-refractivity contribution in [2.45, 2.75) is 13.0 Å². The van der Waals surface area contributed by atoms with Gasteiger partial charge in [-0.15, -0.1) is 0 Å². The van der Waals surface area contributed by atoms with Crippen LogP contribution in [0.4, 0.5) is 5.69 Å². The second-order valence-corrected chi connectivity index (χ2v) is 6.16. The molecule has 1 aromatic heterocycles. The van der Waals surface area contributed by atoms with Crippen LogP contribution in [0.2, 0.25) is 0 Å². The summed E-state index contributed by atoms with van der Waals surface area (Å²) < 4.78 is 5.80. The van der Waals surface area contributed by atoms with Gasteiger partial charge >= 0.3 is 0 Å². The van der Waals surface area contributed by atoms with Gasteiger partial charge in [0.15, 0.2) is 5.69 Å². The van der Waals surface area contributed by atoms with Crippen LogP contribution in [0.3, 0.4) is 0 Å². The Labute approximate surface area is 162 Å². The quantitative estimate of drug-likeness (QED) is 0.504. The minimum Gasteiger partial charge on any atom is -0.459 e. The average Bonchev–Trinajstić information content (AvgIpc) is 2.74. The molecule has 3 aromatic rings. The number of benzene rings is 2. The van der Waals surface area contributed by atoms with Crippen molar-refractivity contribution in [3.63, 3.8) is 0 Å². The van der Waals surface area contributed by atoms with E-state index in [2.05, 4.69) is 9.83 Å². The Bertz CT molecular complexity index is 1040. The number of ketones is 1. The van der Waals surface area contributed by atoms with Crippen molar-refractivity contribution < 1.29 is 19.7 Å². The van der Waals surface area contributed by atoms with Gasteiger partial charge in [-0.25, -0.2) is 9.83 Å². The van der Waals surface area contributed by atoms with Crippen LogP contribution in [0, 0.1) is 13.5 Å². The Kier molecular flexibility index (Phi) is 5.80. The summed E-state index contributed by atoms with van der Waals surface area (Å²) in [5.74, 6) is 0.554. The summed E-state index contributed by atoms with van der Waals surface area (Å²) in [4.78, 5) is 19.7. The van der Waals surface area contributed by atoms with Gasteiger partial charge in [0, 0.05) is 5.56 Å². The molecule has 2 N–H and O–H groups in total. The Morgan fingerprint density at radius 1 is 1.14 bits per heavy atom. The van der Waals surface area contributed by atoms with E-state index in [1.165, 1.54) is 6.07 Å². The molecule has 1 atom stereocenters. The van der Waals surface area contributed by atoms with Crippen molar-refractivity contribution in [1.82, 2.24) is 4.98 Å². The van der Waals surface area contributed by atoms with E-state index in [9.17, 15) is 9.90 Å². The molecule has 0 spiro atoms. The Hall–Kier alpha value is -3.53. The van der Waals surface area contributed by atoms with Gasteiger partial charge in [-0.3, -0.25) is 4.79 Å². The first-order valence-electron chi connectivity index (χ1n) is 8.58. The molecule has 0 amide bonds. The van der Waals surface area contributed by atoms with E-state index in [1.807, 2.05) is 13.0 Å². The van der Waals surface area contributed by atoms with Gasteiger partial charge in [0.25, 0.3) is 0 Å². The first-order valence-corrected chi connectivity index (χ1v) is 8.58. The highest BCUT2D eigenvalue weighted by Crippen LogP contribution is 2.29. The molecule has 3 rings (SSSR count). The van der Waals surface area contributed by atoms with Crippen LogP contribution >= 0.6 is 0 Å². The average molecular weight is 374 g/mol. The third-order valence-corrected chi connectivity index (χ3v) is 4.16. The van der Waals surface area contributed by atoms with Gasteiger partial charge in [0.1, 0.15) is 23.3 Å². The molecule has 6 heteroatoms. The lowest BCUT2D eigenvalue weighted by Gasteiger charge is -2.09. The molecule has 0 saturated heterocycles. The summed E-state index contributed by atoms with van der Waals surface area (Å²) in [7, 11) is 0. The topological polar surface area (TPSA) is 84.0 Å². The number of hydrogen-bond donors (Lipinski definition) is 2. The SMILES string of the molecule is [C-]#[N+]c1cc(Oc2ccc(-c3cccc(C(=O)[C@H](O)CO)n3)cc2)ccc1C. The zero-order valence-corrected chi connectivity index (χ0v) is 15.2. The third kappa shape index (κ3) is 4.23. The molecular formula is C22H18N2O4. The van der Waals surface area contributed by atoms with Crippen molar-refractivity contribution in [2.24, 2.45) is 0 Å². The third-order valence-electron chi connectivity index (χ3n) is 4.16. The molecule has 0 aliphatic heterocycles. The largest absolute Gasteiger partial charge is 0.459 e. The lowest BCUT2D eigenvalue weighted by Crippen LogP contribution is -2.25. The predicted octanol–water partition coefficient (Wildman–Crippen LogP) is 3.94. The van der Waals surface area contributed by atoms with Crippen molar-refractivity contribution in [2.75, 3.05) is 6.61 Å². The molecule has 2 aromatic carbocycles. The Morgan fingerprint density at radius 2 is 1.86 bits per heavy atom. The zero-order valence-electron chi connectivity index (χ0n) is 15.2. The Morgan fingerprint density at radius 3 is 2.54 bits per heavy atom. The smallest absolute Gasteiger partial charge is 0.211 e. The number of pyridine rings is 1. The number of hydrogen-bond acceptors (Lipinski definition) is 5. The number of aliphatic hydroxyl groups is 2. The van der Waals surface area contributed by atoms with Crippen LogP contribution in [-0.4, -0.2) is 33.7 Å². The second-order valence-electron chi connectivity index (χ2n) is 6.16. The first-order chi connectivity index (χ1) is 13.5. The van der Waals surface area contributed by atoms with Gasteiger partial charge < -0.3 is 14.9 Å². The van der Waals surface area contributed by atoms with Gasteiger partial charge in [0.2, 0.25) is 5.78 Å². The van der Waals surface area contributed by atoms with Gasteiger partial charge in [0.05, 0.1) is 18.9 Å². The fourth-order valence-corrected chi connectivity index (χ4v) is 2.59. The molecule has 140 valence electrons. The normalized spacial score (nSPS) is 11.5. The molecule has 6 nitrogen and oxygen atoms in total. The number of nitrogens with zero attached hydrogens (tertiary/aromatic N) is 2. The lowest BCUT2D eigenvalue weighted by molar-refractivity contribution is 0.0582. The highest BCUT2D eigenvalue weighted by Gasteiger charge is 2.17. The molecule has 0 fully saturated rings. The molecule has 0 bridgehead atoms. The summed E-state index contributed by atoms with van der Waals surface area (Å²) in [5.41, 5.74) is 2.86. The Balaban J connectivity index is 1.80. The van der Waals surface area contributed by atoms with E-state index in [-0.39, 0.29) is 5.69 Å². The summed E-state index contributed by atoms with van der Waals surface area (Å²) >= 11 is 0. The van der Waals surface area contributed by atoms with Gasteiger partial charge in [-0.2, -0.15) is 0 Å². The fourth-order valence-electron chi connectivity index (χ4n) is 2.59. The zero-order chi connectivity index (χ0) is 20.1. The molecule has 28 heavy (non-hydrogen) atoms. The van der Waals surface area contributed by atoms with Crippen LogP contribution < -0.4 is 4.74 Å². The highest BCUT2D eigenvalue weighted by molar-refractivity contribution is 5.98. The molecule has 0 aliphatic carbocycles. The maximum atomic E-state index is 12.0. The standard InChI is InChI=1S/C22H18N2O4/c1-14-6-9-17(12-20(14)23-2)28-16-10-7-15(8-11-16)18-4-3-5-19(24-18)22(27)21(26)13-25/h3-12,21,25-26H,13H2,1H3/t21-/m1/s1. The fraction of sp³-hybridized carbons (Fsp3) is 0.136. The van der Waals surface area contributed by atoms with Crippen LogP contribution in [0.25, 0.3) is 16.1 Å². The van der Waals surface area contributed by atoms with E-state index < -0.39 is 18.5 Å². The monoisotopic (exact) mass is 374 g/mol.